The van der Waals surface area contributed by atoms with Crippen LogP contribution in [0.25, 0.3) is 0 Å². The SMILES string of the molecule is CNC1CCCc2nc(N(C)C)sc21. The number of nitrogens with zero attached hydrogens (tertiary/aromatic N) is 2. The number of fused-ring (bicyclic) bond motifs is 1. The van der Waals surface area contributed by atoms with Gasteiger partial charge in [0, 0.05) is 25.0 Å². The molecule has 0 aromatic carbocycles. The molecule has 3 nitrogen and oxygen atoms in total. The number of aryl methyl sites for hydroxylation is 1. The molecule has 14 heavy (non-hydrogen) atoms. The highest BCUT2D eigenvalue weighted by Crippen LogP contribution is 2.36. The van der Waals surface area contributed by atoms with Crippen LogP contribution in [0, 0.1) is 0 Å². The van der Waals surface area contributed by atoms with Crippen molar-refractivity contribution in [2.24, 2.45) is 0 Å². The number of nitrogens with one attached hydrogen (secondary N) is 1. The van der Waals surface area contributed by atoms with Crippen molar-refractivity contribution in [3.05, 3.63) is 10.6 Å². The Morgan fingerprint density at radius 3 is 2.93 bits per heavy atom. The number of hydrogen-bond acceptors (Lipinski definition) is 4. The summed E-state index contributed by atoms with van der Waals surface area (Å²) >= 11 is 1.83. The van der Waals surface area contributed by atoms with Gasteiger partial charge in [0.1, 0.15) is 0 Å². The number of rotatable bonds is 2. The highest BCUT2D eigenvalue weighted by Gasteiger charge is 2.23. The quantitative estimate of drug-likeness (QED) is 0.808. The third-order valence-electron chi connectivity index (χ3n) is 2.67. The molecule has 0 fully saturated rings. The Bertz CT molecular complexity index is 319. The Morgan fingerprint density at radius 2 is 2.29 bits per heavy atom. The first-order valence-electron chi connectivity index (χ1n) is 5.06. The maximum atomic E-state index is 4.65. The van der Waals surface area contributed by atoms with Crippen molar-refractivity contribution in [2.75, 3.05) is 26.0 Å². The molecular weight excluding hydrogens is 194 g/mol. The molecule has 0 radical (unpaired) electrons. The number of aromatic nitrogens is 1. The first-order chi connectivity index (χ1) is 6.72. The van der Waals surface area contributed by atoms with Crippen LogP contribution in [0.5, 0.6) is 0 Å². The molecule has 1 aromatic heterocycles. The van der Waals surface area contributed by atoms with Gasteiger partial charge in [0.25, 0.3) is 0 Å². The van der Waals surface area contributed by atoms with Crippen LogP contribution in [0.15, 0.2) is 0 Å². The van der Waals surface area contributed by atoms with Crippen LogP contribution in [-0.4, -0.2) is 26.1 Å². The van der Waals surface area contributed by atoms with E-state index in [0.717, 1.165) is 11.6 Å². The van der Waals surface area contributed by atoms with E-state index >= 15 is 0 Å². The van der Waals surface area contributed by atoms with Gasteiger partial charge in [-0.2, -0.15) is 0 Å². The van der Waals surface area contributed by atoms with Crippen molar-refractivity contribution in [3.8, 4) is 0 Å². The molecule has 0 amide bonds. The van der Waals surface area contributed by atoms with E-state index < -0.39 is 0 Å². The molecule has 1 aliphatic carbocycles. The second-order valence-corrected chi connectivity index (χ2v) is 4.94. The van der Waals surface area contributed by atoms with E-state index in [2.05, 4.69) is 29.3 Å². The van der Waals surface area contributed by atoms with Gasteiger partial charge < -0.3 is 10.2 Å². The third-order valence-corrected chi connectivity index (χ3v) is 4.05. The topological polar surface area (TPSA) is 28.2 Å². The fourth-order valence-electron chi connectivity index (χ4n) is 1.87. The van der Waals surface area contributed by atoms with Gasteiger partial charge in [0.2, 0.25) is 0 Å². The monoisotopic (exact) mass is 211 g/mol. The summed E-state index contributed by atoms with van der Waals surface area (Å²) in [6.45, 7) is 0. The Balaban J connectivity index is 2.33. The van der Waals surface area contributed by atoms with Gasteiger partial charge in [-0.05, 0) is 26.3 Å². The molecule has 1 atom stereocenters. The van der Waals surface area contributed by atoms with Gasteiger partial charge in [-0.1, -0.05) is 0 Å². The zero-order valence-electron chi connectivity index (χ0n) is 9.00. The molecule has 0 saturated carbocycles. The van der Waals surface area contributed by atoms with Crippen LogP contribution in [0.2, 0.25) is 0 Å². The summed E-state index contributed by atoms with van der Waals surface area (Å²) in [7, 11) is 6.14. The van der Waals surface area contributed by atoms with Crippen LogP contribution in [0.4, 0.5) is 5.13 Å². The highest BCUT2D eigenvalue weighted by atomic mass is 32.1. The van der Waals surface area contributed by atoms with E-state index in [1.165, 1.54) is 23.4 Å². The van der Waals surface area contributed by atoms with Gasteiger partial charge in [0.15, 0.2) is 5.13 Å². The molecule has 1 aromatic rings. The third kappa shape index (κ3) is 1.64. The molecule has 1 unspecified atom stereocenters. The molecule has 78 valence electrons. The van der Waals surface area contributed by atoms with E-state index in [1.807, 2.05) is 18.4 Å². The van der Waals surface area contributed by atoms with Crippen molar-refractivity contribution >= 4 is 16.5 Å². The highest BCUT2D eigenvalue weighted by molar-refractivity contribution is 7.15. The average Bonchev–Trinajstić information content (AvgIpc) is 2.60. The minimum atomic E-state index is 0.532. The summed E-state index contributed by atoms with van der Waals surface area (Å²) < 4.78 is 0. The lowest BCUT2D eigenvalue weighted by atomic mass is 9.98. The number of anilines is 1. The predicted octanol–water partition coefficient (Wildman–Crippen LogP) is 1.81. The molecule has 1 N–H and O–H groups in total. The smallest absolute Gasteiger partial charge is 0.185 e. The van der Waals surface area contributed by atoms with Crippen molar-refractivity contribution in [2.45, 2.75) is 25.3 Å². The molecule has 1 heterocycles. The van der Waals surface area contributed by atoms with Crippen molar-refractivity contribution in [1.82, 2.24) is 10.3 Å². The van der Waals surface area contributed by atoms with Gasteiger partial charge >= 0.3 is 0 Å². The summed E-state index contributed by atoms with van der Waals surface area (Å²) in [4.78, 5) is 8.19. The maximum Gasteiger partial charge on any atom is 0.185 e. The van der Waals surface area contributed by atoms with Crippen molar-refractivity contribution in [1.29, 1.82) is 0 Å². The van der Waals surface area contributed by atoms with E-state index in [4.69, 9.17) is 0 Å². The largest absolute Gasteiger partial charge is 0.354 e. The Hall–Kier alpha value is -0.610. The van der Waals surface area contributed by atoms with Crippen LogP contribution in [0.1, 0.15) is 29.5 Å². The fourth-order valence-corrected chi connectivity index (χ4v) is 3.05. The van der Waals surface area contributed by atoms with E-state index in [1.54, 1.807) is 0 Å². The van der Waals surface area contributed by atoms with Gasteiger partial charge in [-0.3, -0.25) is 0 Å². The van der Waals surface area contributed by atoms with E-state index in [-0.39, 0.29) is 0 Å². The summed E-state index contributed by atoms with van der Waals surface area (Å²) in [5.74, 6) is 0. The number of hydrogen-bond donors (Lipinski definition) is 1. The summed E-state index contributed by atoms with van der Waals surface area (Å²) in [5, 5.41) is 4.50. The molecule has 1 aliphatic rings. The lowest BCUT2D eigenvalue weighted by molar-refractivity contribution is 0.501. The summed E-state index contributed by atoms with van der Waals surface area (Å²) in [5.41, 5.74) is 1.31. The molecular formula is C10H17N3S. The molecule has 0 spiro atoms. The average molecular weight is 211 g/mol. The van der Waals surface area contributed by atoms with Gasteiger partial charge in [-0.15, -0.1) is 11.3 Å². The first-order valence-corrected chi connectivity index (χ1v) is 5.88. The lowest BCUT2D eigenvalue weighted by Crippen LogP contribution is -2.19. The zero-order chi connectivity index (χ0) is 10.1. The van der Waals surface area contributed by atoms with Crippen LogP contribution in [0.3, 0.4) is 0 Å². The summed E-state index contributed by atoms with van der Waals surface area (Å²) in [6, 6.07) is 0.532. The molecule has 0 saturated heterocycles. The van der Waals surface area contributed by atoms with Gasteiger partial charge in [-0.25, -0.2) is 4.98 Å². The van der Waals surface area contributed by atoms with E-state index in [9.17, 15) is 0 Å². The van der Waals surface area contributed by atoms with Crippen LogP contribution < -0.4 is 10.2 Å². The molecule has 4 heteroatoms. The maximum absolute atomic E-state index is 4.65. The summed E-state index contributed by atoms with van der Waals surface area (Å²) in [6.07, 6.45) is 3.66. The van der Waals surface area contributed by atoms with Gasteiger partial charge in [0.05, 0.1) is 5.69 Å². The minimum absolute atomic E-state index is 0.532. The number of thiazole rings is 1. The van der Waals surface area contributed by atoms with Crippen molar-refractivity contribution < 1.29 is 0 Å². The lowest BCUT2D eigenvalue weighted by Gasteiger charge is -2.19. The second-order valence-electron chi connectivity index (χ2n) is 3.94. The fraction of sp³-hybridized carbons (Fsp3) is 0.700. The standard InChI is InChI=1S/C10H17N3S/c1-11-7-5-4-6-8-9(7)14-10(12-8)13(2)3/h7,11H,4-6H2,1-3H3. The minimum Gasteiger partial charge on any atom is -0.354 e. The second kappa shape index (κ2) is 3.87. The Labute approximate surface area is 89.1 Å². The van der Waals surface area contributed by atoms with E-state index in [0.29, 0.717) is 6.04 Å². The van der Waals surface area contributed by atoms with Crippen LogP contribution >= 0.6 is 11.3 Å². The zero-order valence-corrected chi connectivity index (χ0v) is 9.82. The molecule has 0 bridgehead atoms. The predicted molar refractivity (Wildman–Crippen MR) is 61.2 cm³/mol. The normalized spacial score (nSPS) is 20.6. The first kappa shape index (κ1) is 9.93. The Kier molecular flexibility index (Phi) is 2.74. The molecule has 0 aliphatic heterocycles. The molecule has 2 rings (SSSR count). The van der Waals surface area contributed by atoms with Crippen LogP contribution in [-0.2, 0) is 6.42 Å². The van der Waals surface area contributed by atoms with Crippen molar-refractivity contribution in [3.63, 3.8) is 0 Å². The Morgan fingerprint density at radius 1 is 1.50 bits per heavy atom.